The second-order valence-corrected chi connectivity index (χ2v) is 7.19. The van der Waals surface area contributed by atoms with Gasteiger partial charge in [-0.25, -0.2) is 4.98 Å². The molecule has 4 rings (SSSR count). The lowest BCUT2D eigenvalue weighted by molar-refractivity contribution is -0.137. The maximum atomic E-state index is 13.4. The zero-order valence-corrected chi connectivity index (χ0v) is 16.4. The number of aromatic nitrogens is 2. The van der Waals surface area contributed by atoms with E-state index in [0.717, 1.165) is 12.1 Å². The third kappa shape index (κ3) is 3.89. The van der Waals surface area contributed by atoms with E-state index < -0.39 is 17.6 Å². The monoisotopic (exact) mass is 429 g/mol. The molecule has 0 unspecified atom stereocenters. The normalized spacial score (nSPS) is 11.6. The molecule has 4 nitrogen and oxygen atoms in total. The van der Waals surface area contributed by atoms with Crippen molar-refractivity contribution >= 4 is 34.0 Å². The van der Waals surface area contributed by atoms with Crippen molar-refractivity contribution < 1.29 is 18.0 Å². The largest absolute Gasteiger partial charge is 0.416 e. The summed E-state index contributed by atoms with van der Waals surface area (Å²) in [6.07, 6.45) is -1.55. The molecule has 0 aliphatic rings. The third-order valence-corrected chi connectivity index (χ3v) is 4.96. The number of alkyl halides is 3. The molecule has 152 valence electrons. The number of carbonyl (C=O) groups is 1. The van der Waals surface area contributed by atoms with E-state index in [4.69, 9.17) is 11.6 Å². The third-order valence-electron chi connectivity index (χ3n) is 4.63. The van der Waals surface area contributed by atoms with Crippen molar-refractivity contribution in [1.29, 1.82) is 0 Å². The molecule has 0 radical (unpaired) electrons. The highest BCUT2D eigenvalue weighted by molar-refractivity contribution is 6.36. The van der Waals surface area contributed by atoms with Gasteiger partial charge in [0.1, 0.15) is 0 Å². The molecular formula is C22H15ClF3N3O. The lowest BCUT2D eigenvalue weighted by Gasteiger charge is -2.14. The molecule has 0 bridgehead atoms. The predicted octanol–water partition coefficient (Wildman–Crippen LogP) is 6.26. The van der Waals surface area contributed by atoms with Gasteiger partial charge in [-0.05, 0) is 42.6 Å². The number of hydrogen-bond donors (Lipinski definition) is 1. The Balaban J connectivity index is 1.76. The Bertz CT molecular complexity index is 1260. The average molecular weight is 430 g/mol. The van der Waals surface area contributed by atoms with Crippen molar-refractivity contribution in [2.24, 2.45) is 0 Å². The summed E-state index contributed by atoms with van der Waals surface area (Å²) in [4.78, 5) is 16.9. The van der Waals surface area contributed by atoms with Gasteiger partial charge in [0.05, 0.1) is 17.6 Å². The molecule has 3 aromatic carbocycles. The Morgan fingerprint density at radius 3 is 2.47 bits per heavy atom. The number of fused-ring (bicyclic) bond motifs is 1. The smallest absolute Gasteiger partial charge is 0.322 e. The van der Waals surface area contributed by atoms with Crippen LogP contribution >= 0.6 is 11.6 Å². The lowest BCUT2D eigenvalue weighted by Crippen LogP contribution is -2.14. The van der Waals surface area contributed by atoms with Gasteiger partial charge in [-0.15, -0.1) is 0 Å². The van der Waals surface area contributed by atoms with Crippen molar-refractivity contribution in [3.63, 3.8) is 0 Å². The highest BCUT2D eigenvalue weighted by Gasteiger charge is 2.31. The zero-order chi connectivity index (χ0) is 21.5. The number of benzene rings is 3. The Morgan fingerprint density at radius 1 is 1.07 bits per heavy atom. The summed E-state index contributed by atoms with van der Waals surface area (Å²) in [7, 11) is 0. The van der Waals surface area contributed by atoms with Gasteiger partial charge >= 0.3 is 6.18 Å². The first-order valence-corrected chi connectivity index (χ1v) is 9.32. The SMILES string of the molecule is Cc1cn(-c2cc(NC(=O)c3ccc(Cl)c4ccccc34)cc(C(F)(F)F)c2)cn1. The summed E-state index contributed by atoms with van der Waals surface area (Å²) >= 11 is 6.19. The van der Waals surface area contributed by atoms with Crippen molar-refractivity contribution in [2.75, 3.05) is 5.32 Å². The maximum absolute atomic E-state index is 13.4. The molecule has 4 aromatic rings. The average Bonchev–Trinajstić information content (AvgIpc) is 3.14. The molecule has 0 atom stereocenters. The molecule has 0 aliphatic heterocycles. The number of amides is 1. The minimum Gasteiger partial charge on any atom is -0.322 e. The molecule has 0 saturated carbocycles. The van der Waals surface area contributed by atoms with Crippen LogP contribution < -0.4 is 5.32 Å². The van der Waals surface area contributed by atoms with Crippen LogP contribution in [0.15, 0.2) is 67.1 Å². The number of imidazole rings is 1. The number of nitrogens with one attached hydrogen (secondary N) is 1. The van der Waals surface area contributed by atoms with Gasteiger partial charge in [-0.3, -0.25) is 4.79 Å². The van der Waals surface area contributed by atoms with Crippen LogP contribution in [0.5, 0.6) is 0 Å². The first kappa shape index (κ1) is 20.0. The fourth-order valence-corrected chi connectivity index (χ4v) is 3.45. The van der Waals surface area contributed by atoms with Gasteiger partial charge in [0.25, 0.3) is 5.91 Å². The van der Waals surface area contributed by atoms with E-state index in [2.05, 4.69) is 10.3 Å². The fourth-order valence-electron chi connectivity index (χ4n) is 3.22. The second kappa shape index (κ2) is 7.50. The van der Waals surface area contributed by atoms with E-state index in [-0.39, 0.29) is 11.4 Å². The molecule has 0 aliphatic carbocycles. The molecule has 30 heavy (non-hydrogen) atoms. The van der Waals surface area contributed by atoms with Gasteiger partial charge < -0.3 is 9.88 Å². The highest BCUT2D eigenvalue weighted by Crippen LogP contribution is 2.33. The van der Waals surface area contributed by atoms with Crippen LogP contribution in [-0.2, 0) is 6.18 Å². The van der Waals surface area contributed by atoms with Gasteiger partial charge in [0.15, 0.2) is 0 Å². The van der Waals surface area contributed by atoms with Gasteiger partial charge in [-0.1, -0.05) is 35.9 Å². The molecule has 0 spiro atoms. The standard InChI is InChI=1S/C22H15ClF3N3O/c1-13-11-29(12-27-13)16-9-14(22(24,25)26)8-15(10-16)28-21(30)19-6-7-20(23)18-5-3-2-4-17(18)19/h2-12H,1H3,(H,28,30). The minimum atomic E-state index is -4.57. The van der Waals surface area contributed by atoms with E-state index in [1.165, 1.54) is 17.0 Å². The van der Waals surface area contributed by atoms with Crippen LogP contribution in [0.1, 0.15) is 21.6 Å². The molecular weight excluding hydrogens is 415 g/mol. The first-order chi connectivity index (χ1) is 14.2. The number of nitrogens with zero attached hydrogens (tertiary/aromatic N) is 2. The van der Waals surface area contributed by atoms with Crippen LogP contribution in [0, 0.1) is 6.92 Å². The fraction of sp³-hybridized carbons (Fsp3) is 0.0909. The first-order valence-electron chi connectivity index (χ1n) is 8.94. The number of halogens is 4. The molecule has 0 fully saturated rings. The molecule has 1 amide bonds. The van der Waals surface area contributed by atoms with Gasteiger partial charge in [-0.2, -0.15) is 13.2 Å². The molecule has 1 N–H and O–H groups in total. The summed E-state index contributed by atoms with van der Waals surface area (Å²) in [5.74, 6) is -0.532. The summed E-state index contributed by atoms with van der Waals surface area (Å²) in [5, 5.41) is 4.37. The quantitative estimate of drug-likeness (QED) is 0.418. The Morgan fingerprint density at radius 2 is 1.80 bits per heavy atom. The minimum absolute atomic E-state index is 0.0233. The van der Waals surface area contributed by atoms with E-state index in [1.807, 2.05) is 0 Å². The van der Waals surface area contributed by atoms with Crippen LogP contribution in [0.3, 0.4) is 0 Å². The Hall–Kier alpha value is -3.32. The summed E-state index contributed by atoms with van der Waals surface area (Å²) in [6, 6.07) is 13.6. The summed E-state index contributed by atoms with van der Waals surface area (Å²) in [5.41, 5.74) is 0.359. The van der Waals surface area contributed by atoms with Crippen molar-refractivity contribution in [1.82, 2.24) is 9.55 Å². The Labute approximate surface area is 174 Å². The molecule has 1 heterocycles. The van der Waals surface area contributed by atoms with Gasteiger partial charge in [0, 0.05) is 33.5 Å². The topological polar surface area (TPSA) is 46.9 Å². The zero-order valence-electron chi connectivity index (χ0n) is 15.7. The number of hydrogen-bond acceptors (Lipinski definition) is 2. The number of rotatable bonds is 3. The van der Waals surface area contributed by atoms with E-state index in [9.17, 15) is 18.0 Å². The molecule has 1 aromatic heterocycles. The van der Waals surface area contributed by atoms with Crippen LogP contribution in [0.2, 0.25) is 5.02 Å². The maximum Gasteiger partial charge on any atom is 0.416 e. The number of aryl methyl sites for hydroxylation is 1. The number of anilines is 1. The van der Waals surface area contributed by atoms with E-state index in [1.54, 1.807) is 49.5 Å². The van der Waals surface area contributed by atoms with E-state index >= 15 is 0 Å². The highest BCUT2D eigenvalue weighted by atomic mass is 35.5. The van der Waals surface area contributed by atoms with Crippen molar-refractivity contribution in [2.45, 2.75) is 13.1 Å². The van der Waals surface area contributed by atoms with E-state index in [0.29, 0.717) is 27.1 Å². The predicted molar refractivity (Wildman–Crippen MR) is 110 cm³/mol. The Kier molecular flexibility index (Phi) is 4.99. The van der Waals surface area contributed by atoms with Crippen LogP contribution in [-0.4, -0.2) is 15.5 Å². The van der Waals surface area contributed by atoms with Crippen molar-refractivity contribution in [3.8, 4) is 5.69 Å². The second-order valence-electron chi connectivity index (χ2n) is 6.78. The van der Waals surface area contributed by atoms with Crippen molar-refractivity contribution in [3.05, 3.63) is 89.0 Å². The number of carbonyl (C=O) groups excluding carboxylic acids is 1. The summed E-state index contributed by atoms with van der Waals surface area (Å²) in [6.45, 7) is 1.73. The molecule has 0 saturated heterocycles. The summed E-state index contributed by atoms with van der Waals surface area (Å²) < 4.78 is 41.8. The lowest BCUT2D eigenvalue weighted by atomic mass is 10.0. The van der Waals surface area contributed by atoms with Crippen LogP contribution in [0.4, 0.5) is 18.9 Å². The van der Waals surface area contributed by atoms with Crippen LogP contribution in [0.25, 0.3) is 16.5 Å². The van der Waals surface area contributed by atoms with Gasteiger partial charge in [0.2, 0.25) is 0 Å². The molecule has 8 heteroatoms.